The van der Waals surface area contributed by atoms with Gasteiger partial charge in [-0.15, -0.1) is 0 Å². The van der Waals surface area contributed by atoms with Gasteiger partial charge in [0.15, 0.2) is 23.1 Å². The molecule has 2 aliphatic heterocycles. The number of hydrogen-bond acceptors (Lipinski definition) is 7. The largest absolute Gasteiger partial charge is 0.486 e. The van der Waals surface area contributed by atoms with E-state index in [1.807, 2.05) is 18.2 Å². The number of hydrogen-bond donors (Lipinski definition) is 2. The number of nitrogens with zero attached hydrogens (tertiary/aromatic N) is 3. The quantitative estimate of drug-likeness (QED) is 0.896. The normalized spacial score (nSPS) is 16.8. The maximum atomic E-state index is 6.31. The Hall–Kier alpha value is -2.70. The van der Waals surface area contributed by atoms with Gasteiger partial charge >= 0.3 is 0 Å². The molecule has 2 aliphatic rings. The number of nitrogens with one attached hydrogen (secondary N) is 1. The van der Waals surface area contributed by atoms with Crippen molar-refractivity contribution in [2.45, 2.75) is 19.3 Å². The number of ether oxygens (including phenoxy) is 2. The second-order valence-electron chi connectivity index (χ2n) is 5.99. The number of anilines is 4. The van der Waals surface area contributed by atoms with E-state index in [1.54, 1.807) is 6.33 Å². The summed E-state index contributed by atoms with van der Waals surface area (Å²) in [6, 6.07) is 5.71. The molecule has 1 aromatic carbocycles. The second-order valence-corrected chi connectivity index (χ2v) is 5.99. The number of nitrogen functional groups attached to an aromatic ring is 1. The minimum atomic E-state index is 0.561. The molecule has 1 fully saturated rings. The first-order chi connectivity index (χ1) is 11.8. The summed E-state index contributed by atoms with van der Waals surface area (Å²) < 4.78 is 11.2. The molecular formula is C17H21N5O2. The molecule has 1 aromatic heterocycles. The van der Waals surface area contributed by atoms with Crippen molar-refractivity contribution in [1.82, 2.24) is 9.97 Å². The molecule has 3 heterocycles. The number of aromatic nitrogens is 2. The van der Waals surface area contributed by atoms with Crippen LogP contribution in [0.2, 0.25) is 0 Å². The van der Waals surface area contributed by atoms with Crippen molar-refractivity contribution in [1.29, 1.82) is 0 Å². The van der Waals surface area contributed by atoms with Crippen molar-refractivity contribution in [3.63, 3.8) is 0 Å². The van der Waals surface area contributed by atoms with E-state index in [1.165, 1.54) is 19.3 Å². The van der Waals surface area contributed by atoms with Gasteiger partial charge in [-0.2, -0.15) is 0 Å². The fourth-order valence-electron chi connectivity index (χ4n) is 3.10. The van der Waals surface area contributed by atoms with Gasteiger partial charge in [0.1, 0.15) is 25.2 Å². The third-order valence-corrected chi connectivity index (χ3v) is 4.32. The van der Waals surface area contributed by atoms with Crippen LogP contribution >= 0.6 is 0 Å². The van der Waals surface area contributed by atoms with Crippen LogP contribution in [0.25, 0.3) is 0 Å². The molecular weight excluding hydrogens is 306 g/mol. The molecule has 0 bridgehead atoms. The third-order valence-electron chi connectivity index (χ3n) is 4.32. The van der Waals surface area contributed by atoms with E-state index in [4.69, 9.17) is 15.2 Å². The molecule has 4 rings (SSSR count). The van der Waals surface area contributed by atoms with Gasteiger partial charge in [-0.3, -0.25) is 0 Å². The van der Waals surface area contributed by atoms with E-state index >= 15 is 0 Å². The Kier molecular flexibility index (Phi) is 3.98. The molecule has 0 spiro atoms. The Bertz CT molecular complexity index is 731. The topological polar surface area (TPSA) is 85.5 Å². The molecule has 24 heavy (non-hydrogen) atoms. The van der Waals surface area contributed by atoms with Crippen molar-refractivity contribution in [2.75, 3.05) is 42.3 Å². The van der Waals surface area contributed by atoms with Crippen LogP contribution in [0, 0.1) is 0 Å². The highest BCUT2D eigenvalue weighted by Crippen LogP contribution is 2.35. The van der Waals surface area contributed by atoms with Crippen LogP contribution in [0.4, 0.5) is 23.0 Å². The molecule has 0 saturated carbocycles. The lowest BCUT2D eigenvalue weighted by atomic mass is 10.1. The van der Waals surface area contributed by atoms with Crippen LogP contribution in [-0.2, 0) is 0 Å². The number of piperidine rings is 1. The van der Waals surface area contributed by atoms with Crippen LogP contribution < -0.4 is 25.4 Å². The molecule has 7 nitrogen and oxygen atoms in total. The van der Waals surface area contributed by atoms with E-state index in [0.717, 1.165) is 36.1 Å². The second kappa shape index (κ2) is 6.43. The van der Waals surface area contributed by atoms with Crippen molar-refractivity contribution < 1.29 is 9.47 Å². The van der Waals surface area contributed by atoms with Gasteiger partial charge in [-0.05, 0) is 31.4 Å². The zero-order chi connectivity index (χ0) is 16.4. The highest BCUT2D eigenvalue weighted by molar-refractivity contribution is 5.78. The fourth-order valence-corrected chi connectivity index (χ4v) is 3.10. The van der Waals surface area contributed by atoms with E-state index in [0.29, 0.717) is 24.7 Å². The highest BCUT2D eigenvalue weighted by Gasteiger charge is 2.18. The molecule has 2 aromatic rings. The van der Waals surface area contributed by atoms with Crippen molar-refractivity contribution in [2.24, 2.45) is 0 Å². The predicted molar refractivity (Wildman–Crippen MR) is 93.2 cm³/mol. The van der Waals surface area contributed by atoms with Gasteiger partial charge in [0.2, 0.25) is 0 Å². The SMILES string of the molecule is Nc1c(Nc2ccc3c(c2)OCCO3)ncnc1N1CCCCC1. The molecule has 126 valence electrons. The first-order valence-electron chi connectivity index (χ1n) is 8.33. The Morgan fingerprint density at radius 2 is 1.79 bits per heavy atom. The average molecular weight is 327 g/mol. The van der Waals surface area contributed by atoms with Gasteiger partial charge in [0, 0.05) is 24.8 Å². The Morgan fingerprint density at radius 3 is 2.62 bits per heavy atom. The number of benzene rings is 1. The van der Waals surface area contributed by atoms with Gasteiger partial charge in [0.05, 0.1) is 0 Å². The summed E-state index contributed by atoms with van der Waals surface area (Å²) in [5.41, 5.74) is 7.75. The van der Waals surface area contributed by atoms with Gasteiger partial charge in [0.25, 0.3) is 0 Å². The standard InChI is InChI=1S/C17H21N5O2/c18-15-16(19-11-20-17(15)22-6-2-1-3-7-22)21-12-4-5-13-14(10-12)24-9-8-23-13/h4-5,10-11H,1-3,6-9,18H2,(H,19,20,21). The minimum absolute atomic E-state index is 0.561. The zero-order valence-corrected chi connectivity index (χ0v) is 13.5. The summed E-state index contributed by atoms with van der Waals surface area (Å²) in [4.78, 5) is 10.9. The zero-order valence-electron chi connectivity index (χ0n) is 13.5. The monoisotopic (exact) mass is 327 g/mol. The summed E-state index contributed by atoms with van der Waals surface area (Å²) in [6.07, 6.45) is 5.17. The van der Waals surface area contributed by atoms with E-state index in [9.17, 15) is 0 Å². The first kappa shape index (κ1) is 14.9. The summed E-state index contributed by atoms with van der Waals surface area (Å²) in [6.45, 7) is 3.12. The maximum Gasteiger partial charge on any atom is 0.163 e. The molecule has 0 aliphatic carbocycles. The van der Waals surface area contributed by atoms with Crippen molar-refractivity contribution in [3.05, 3.63) is 24.5 Å². The third kappa shape index (κ3) is 2.89. The van der Waals surface area contributed by atoms with Gasteiger partial charge in [-0.1, -0.05) is 0 Å². The van der Waals surface area contributed by atoms with Crippen LogP contribution in [0.15, 0.2) is 24.5 Å². The maximum absolute atomic E-state index is 6.31. The molecule has 0 unspecified atom stereocenters. The lowest BCUT2D eigenvalue weighted by Gasteiger charge is -2.29. The molecule has 1 saturated heterocycles. The summed E-state index contributed by atoms with van der Waals surface area (Å²) in [7, 11) is 0. The lowest BCUT2D eigenvalue weighted by Crippen LogP contribution is -2.31. The Balaban J connectivity index is 1.58. The van der Waals surface area contributed by atoms with E-state index in [2.05, 4.69) is 20.2 Å². The lowest BCUT2D eigenvalue weighted by molar-refractivity contribution is 0.171. The van der Waals surface area contributed by atoms with Crippen LogP contribution in [0.5, 0.6) is 11.5 Å². The van der Waals surface area contributed by atoms with Crippen LogP contribution in [0.1, 0.15) is 19.3 Å². The van der Waals surface area contributed by atoms with E-state index in [-0.39, 0.29) is 0 Å². The molecule has 0 amide bonds. The fraction of sp³-hybridized carbons (Fsp3) is 0.412. The summed E-state index contributed by atoms with van der Waals surface area (Å²) in [5.74, 6) is 2.92. The number of nitrogens with two attached hydrogens (primary N) is 1. The molecule has 0 atom stereocenters. The highest BCUT2D eigenvalue weighted by atomic mass is 16.6. The van der Waals surface area contributed by atoms with Crippen LogP contribution in [-0.4, -0.2) is 36.3 Å². The van der Waals surface area contributed by atoms with Crippen LogP contribution in [0.3, 0.4) is 0 Å². The summed E-state index contributed by atoms with van der Waals surface area (Å²) >= 11 is 0. The molecule has 7 heteroatoms. The van der Waals surface area contributed by atoms with Gasteiger partial charge in [-0.25, -0.2) is 9.97 Å². The predicted octanol–water partition coefficient (Wildman–Crippen LogP) is 2.56. The van der Waals surface area contributed by atoms with E-state index < -0.39 is 0 Å². The van der Waals surface area contributed by atoms with Crippen molar-refractivity contribution >= 4 is 23.0 Å². The van der Waals surface area contributed by atoms with Gasteiger partial charge < -0.3 is 25.4 Å². The average Bonchev–Trinajstić information content (AvgIpc) is 2.64. The first-order valence-corrected chi connectivity index (χ1v) is 8.33. The summed E-state index contributed by atoms with van der Waals surface area (Å²) in [5, 5.41) is 3.26. The molecule has 0 radical (unpaired) electrons. The number of rotatable bonds is 3. The Morgan fingerprint density at radius 1 is 1.00 bits per heavy atom. The number of fused-ring (bicyclic) bond motifs is 1. The Labute approximate surface area is 140 Å². The van der Waals surface area contributed by atoms with Crippen molar-refractivity contribution in [3.8, 4) is 11.5 Å². The minimum Gasteiger partial charge on any atom is -0.486 e. The molecule has 3 N–H and O–H groups in total. The smallest absolute Gasteiger partial charge is 0.163 e.